The van der Waals surface area contributed by atoms with Crippen molar-refractivity contribution < 1.29 is 42.2 Å². The molecule has 0 saturated carbocycles. The number of carboxylic acids is 1. The molecule has 3 amide bonds. The number of nitrogens with one attached hydrogen (secondary N) is 3. The molecule has 12 nitrogen and oxygen atoms in total. The predicted molar refractivity (Wildman–Crippen MR) is 170 cm³/mol. The van der Waals surface area contributed by atoms with E-state index in [9.17, 15) is 37.5 Å². The Morgan fingerprint density at radius 3 is 2.47 bits per heavy atom. The Bertz CT molecular complexity index is 2170. The maximum absolute atomic E-state index is 13.8. The summed E-state index contributed by atoms with van der Waals surface area (Å²) in [6, 6.07) is 14.8. The Hall–Kier alpha value is -5.96. The topological polar surface area (TPSA) is 164 Å². The number of benzene rings is 3. The molecule has 2 heterocycles. The number of alkyl halides is 3. The number of carbonyl (C=O) groups excluding carboxylic acids is 3. The number of hydrogen-bond donors (Lipinski definition) is 4. The van der Waals surface area contributed by atoms with Crippen molar-refractivity contribution in [3.05, 3.63) is 117 Å². The van der Waals surface area contributed by atoms with Crippen LogP contribution >= 0.6 is 11.6 Å². The van der Waals surface area contributed by atoms with Crippen LogP contribution in [-0.4, -0.2) is 49.8 Å². The van der Waals surface area contributed by atoms with Crippen LogP contribution in [0.1, 0.15) is 70.8 Å². The minimum Gasteiger partial charge on any atom is -0.478 e. The Balaban J connectivity index is 1.36. The van der Waals surface area contributed by atoms with E-state index in [1.54, 1.807) is 37.3 Å². The molecule has 2 aromatic heterocycles. The van der Waals surface area contributed by atoms with Gasteiger partial charge in [0.1, 0.15) is 22.7 Å². The van der Waals surface area contributed by atoms with Gasteiger partial charge < -0.3 is 25.8 Å². The number of rotatable bonds is 8. The predicted octanol–water partition coefficient (Wildman–Crippen LogP) is 6.21. The van der Waals surface area contributed by atoms with Gasteiger partial charge in [-0.25, -0.2) is 14.3 Å². The minimum atomic E-state index is -4.96. The minimum absolute atomic E-state index is 0.0664. The number of carboxylic acid groups (broad SMARTS) is 1. The van der Waals surface area contributed by atoms with Gasteiger partial charge in [0.25, 0.3) is 17.7 Å². The van der Waals surface area contributed by atoms with Crippen LogP contribution in [-0.2, 0) is 6.42 Å². The van der Waals surface area contributed by atoms with Crippen molar-refractivity contribution >= 4 is 52.3 Å². The van der Waals surface area contributed by atoms with Crippen LogP contribution in [0.5, 0.6) is 5.75 Å². The molecule has 0 aliphatic heterocycles. The van der Waals surface area contributed by atoms with Crippen molar-refractivity contribution in [1.82, 2.24) is 19.9 Å². The summed E-state index contributed by atoms with van der Waals surface area (Å²) in [7, 11) is 0. The zero-order valence-corrected chi connectivity index (χ0v) is 26.0. The quantitative estimate of drug-likeness (QED) is 0.149. The van der Waals surface area contributed by atoms with Crippen LogP contribution in [0.15, 0.2) is 72.9 Å². The van der Waals surface area contributed by atoms with Gasteiger partial charge in [-0.2, -0.15) is 5.10 Å². The van der Waals surface area contributed by atoms with Crippen molar-refractivity contribution in [3.63, 3.8) is 0 Å². The lowest BCUT2D eigenvalue weighted by molar-refractivity contribution is -0.274. The fourth-order valence-electron chi connectivity index (χ4n) is 5.61. The van der Waals surface area contributed by atoms with E-state index in [2.05, 4.69) is 30.8 Å². The molecule has 49 heavy (non-hydrogen) atoms. The number of para-hydroxylation sites is 1. The van der Waals surface area contributed by atoms with Gasteiger partial charge in [-0.1, -0.05) is 35.9 Å². The lowest BCUT2D eigenvalue weighted by atomic mass is 9.98. The molecular weight excluding hydrogens is 669 g/mol. The molecule has 3 aromatic carbocycles. The molecule has 1 atom stereocenters. The molecule has 4 N–H and O–H groups in total. The van der Waals surface area contributed by atoms with E-state index in [4.69, 9.17) is 11.6 Å². The highest BCUT2D eigenvalue weighted by Gasteiger charge is 2.32. The standard InChI is InChI=1S/C33H24ClF3N6O6/c1-16-19-11-12-24(21(19)10-9-20(16)32(47)48)41-31(46)27-14-26(30(45)39-17-5-4-6-18(13-17)49-33(35,36)37)40-28-22(15-38-43(27)28)29(44)42-25-8-3-2-7-23(25)34/h2-10,13-15,24H,11-12H2,1H3,(H,39,45)(H,41,46)(H,42,44)(H,47,48)/t24-/m0/s1. The Labute approximate surface area is 279 Å². The summed E-state index contributed by atoms with van der Waals surface area (Å²) in [6.45, 7) is 1.70. The second-order valence-electron chi connectivity index (χ2n) is 11.0. The Morgan fingerprint density at radius 1 is 0.959 bits per heavy atom. The summed E-state index contributed by atoms with van der Waals surface area (Å²) >= 11 is 6.20. The summed E-state index contributed by atoms with van der Waals surface area (Å²) in [5.41, 5.74) is 1.67. The number of nitrogens with zero attached hydrogens (tertiary/aromatic N) is 3. The highest BCUT2D eigenvalue weighted by Crippen LogP contribution is 2.35. The number of carbonyl (C=O) groups is 4. The third kappa shape index (κ3) is 6.87. The monoisotopic (exact) mass is 692 g/mol. The summed E-state index contributed by atoms with van der Waals surface area (Å²) in [5.74, 6) is -3.95. The van der Waals surface area contributed by atoms with E-state index >= 15 is 0 Å². The van der Waals surface area contributed by atoms with Gasteiger partial charge in [0, 0.05) is 17.8 Å². The van der Waals surface area contributed by atoms with Crippen molar-refractivity contribution in [2.24, 2.45) is 0 Å². The molecule has 0 radical (unpaired) electrons. The van der Waals surface area contributed by atoms with Gasteiger partial charge in [0.15, 0.2) is 5.65 Å². The van der Waals surface area contributed by atoms with Gasteiger partial charge in [-0.3, -0.25) is 14.4 Å². The SMILES string of the molecule is Cc1c(C(=O)O)ccc2c1CC[C@@H]2NC(=O)c1cc(C(=O)Nc2cccc(OC(F)(F)F)c2)nc2c(C(=O)Nc3ccccc3Cl)cnn12. The first-order valence-corrected chi connectivity index (χ1v) is 14.9. The lowest BCUT2D eigenvalue weighted by Gasteiger charge is -2.16. The van der Waals surface area contributed by atoms with E-state index in [0.717, 1.165) is 40.0 Å². The molecule has 1 aliphatic carbocycles. The second-order valence-corrected chi connectivity index (χ2v) is 11.4. The molecule has 6 rings (SSSR count). The van der Waals surface area contributed by atoms with Crippen molar-refractivity contribution in [1.29, 1.82) is 0 Å². The van der Waals surface area contributed by atoms with E-state index in [1.807, 2.05) is 0 Å². The smallest absolute Gasteiger partial charge is 0.478 e. The summed E-state index contributed by atoms with van der Waals surface area (Å²) in [6.07, 6.45) is -2.82. The molecule has 1 aliphatic rings. The Morgan fingerprint density at radius 2 is 1.73 bits per heavy atom. The number of anilines is 2. The first-order chi connectivity index (χ1) is 23.3. The zero-order chi connectivity index (χ0) is 35.0. The molecule has 16 heteroatoms. The van der Waals surface area contributed by atoms with Gasteiger partial charge in [-0.05, 0) is 66.8 Å². The Kier molecular flexibility index (Phi) is 8.69. The maximum atomic E-state index is 13.8. The molecule has 0 fully saturated rings. The highest BCUT2D eigenvalue weighted by atomic mass is 35.5. The van der Waals surface area contributed by atoms with Crippen LogP contribution in [0.3, 0.4) is 0 Å². The maximum Gasteiger partial charge on any atom is 0.573 e. The molecule has 0 unspecified atom stereocenters. The summed E-state index contributed by atoms with van der Waals surface area (Å²) in [5, 5.41) is 21.9. The first kappa shape index (κ1) is 33.0. The second kappa shape index (κ2) is 12.9. The zero-order valence-electron chi connectivity index (χ0n) is 25.3. The average molecular weight is 693 g/mol. The molecule has 250 valence electrons. The fourth-order valence-corrected chi connectivity index (χ4v) is 5.80. The number of aromatic nitrogens is 3. The van der Waals surface area contributed by atoms with Crippen LogP contribution in [0.2, 0.25) is 5.02 Å². The van der Waals surface area contributed by atoms with E-state index in [1.165, 1.54) is 18.2 Å². The summed E-state index contributed by atoms with van der Waals surface area (Å²) in [4.78, 5) is 56.6. The third-order valence-electron chi connectivity index (χ3n) is 7.86. The van der Waals surface area contributed by atoms with Crippen LogP contribution < -0.4 is 20.7 Å². The molecule has 0 spiro atoms. The molecule has 0 saturated heterocycles. The average Bonchev–Trinajstić information content (AvgIpc) is 3.66. The normalized spacial score (nSPS) is 13.9. The van der Waals surface area contributed by atoms with Crippen LogP contribution in [0, 0.1) is 6.92 Å². The fraction of sp³-hybridized carbons (Fsp3) is 0.152. The number of hydrogen-bond acceptors (Lipinski definition) is 7. The number of ether oxygens (including phenoxy) is 1. The van der Waals surface area contributed by atoms with Gasteiger partial charge in [0.05, 0.1) is 28.5 Å². The van der Waals surface area contributed by atoms with E-state index in [-0.39, 0.29) is 44.6 Å². The van der Waals surface area contributed by atoms with Gasteiger partial charge in [-0.15, -0.1) is 13.2 Å². The van der Waals surface area contributed by atoms with Crippen LogP contribution in [0.25, 0.3) is 5.65 Å². The third-order valence-corrected chi connectivity index (χ3v) is 8.19. The van der Waals surface area contributed by atoms with Crippen molar-refractivity contribution in [2.75, 3.05) is 10.6 Å². The molecule has 5 aromatic rings. The van der Waals surface area contributed by atoms with Crippen molar-refractivity contribution in [3.8, 4) is 5.75 Å². The molecule has 0 bridgehead atoms. The highest BCUT2D eigenvalue weighted by molar-refractivity contribution is 6.34. The van der Waals surface area contributed by atoms with E-state index in [0.29, 0.717) is 18.4 Å². The largest absolute Gasteiger partial charge is 0.573 e. The summed E-state index contributed by atoms with van der Waals surface area (Å²) < 4.78 is 43.3. The number of amides is 3. The van der Waals surface area contributed by atoms with Crippen LogP contribution in [0.4, 0.5) is 24.5 Å². The number of fused-ring (bicyclic) bond motifs is 2. The molecular formula is C33H24ClF3N6O6. The van der Waals surface area contributed by atoms with Crippen molar-refractivity contribution in [2.45, 2.75) is 32.2 Å². The lowest BCUT2D eigenvalue weighted by Crippen LogP contribution is -2.30. The number of aromatic carboxylic acids is 1. The van der Waals surface area contributed by atoms with Gasteiger partial charge in [0.2, 0.25) is 0 Å². The number of halogens is 4. The van der Waals surface area contributed by atoms with E-state index < -0.39 is 41.8 Å². The van der Waals surface area contributed by atoms with Gasteiger partial charge >= 0.3 is 12.3 Å². The first-order valence-electron chi connectivity index (χ1n) is 14.6.